The van der Waals surface area contributed by atoms with E-state index in [4.69, 9.17) is 0 Å². The zero-order chi connectivity index (χ0) is 15.0. The first-order valence-corrected chi connectivity index (χ1v) is 7.32. The van der Waals surface area contributed by atoms with Gasteiger partial charge >= 0.3 is 0 Å². The van der Waals surface area contributed by atoms with Gasteiger partial charge in [-0.05, 0) is 46.3 Å². The Kier molecular flexibility index (Phi) is 6.69. The van der Waals surface area contributed by atoms with Crippen LogP contribution in [0.1, 0.15) is 38.9 Å². The zero-order valence-electron chi connectivity index (χ0n) is 13.2. The van der Waals surface area contributed by atoms with Crippen molar-refractivity contribution in [2.75, 3.05) is 20.1 Å². The van der Waals surface area contributed by atoms with Crippen molar-refractivity contribution in [3.63, 3.8) is 0 Å². The van der Waals surface area contributed by atoms with Crippen molar-refractivity contribution in [2.24, 2.45) is 7.05 Å². The predicted molar refractivity (Wildman–Crippen MR) is 81.1 cm³/mol. The van der Waals surface area contributed by atoms with Crippen LogP contribution in [0.3, 0.4) is 0 Å². The molecule has 5 heteroatoms. The third kappa shape index (κ3) is 5.32. The Bertz CT molecular complexity index is 434. The summed E-state index contributed by atoms with van der Waals surface area (Å²) in [4.78, 5) is 6.58. The van der Waals surface area contributed by atoms with Crippen LogP contribution in [0.2, 0.25) is 0 Å². The smallest absolute Gasteiger partial charge is 0.122 e. The molecule has 1 unspecified atom stereocenters. The van der Waals surface area contributed by atoms with Crippen LogP contribution in [-0.4, -0.2) is 40.1 Å². The standard InChI is InChI=1S/C15H27N5/c1-5-8-18-15(2,13-16)7-6-10-19(3)12-14-17-9-11-20(14)4/h9,11,18H,5-8,10,12H2,1-4H3. The third-order valence-corrected chi connectivity index (χ3v) is 3.56. The van der Waals surface area contributed by atoms with E-state index in [0.717, 1.165) is 44.7 Å². The molecular weight excluding hydrogens is 250 g/mol. The summed E-state index contributed by atoms with van der Waals surface area (Å²) in [5, 5.41) is 12.6. The third-order valence-electron chi connectivity index (χ3n) is 3.56. The van der Waals surface area contributed by atoms with Gasteiger partial charge in [-0.1, -0.05) is 6.92 Å². The van der Waals surface area contributed by atoms with Crippen molar-refractivity contribution in [3.8, 4) is 6.07 Å². The van der Waals surface area contributed by atoms with E-state index in [-0.39, 0.29) is 0 Å². The fraction of sp³-hybridized carbons (Fsp3) is 0.733. The van der Waals surface area contributed by atoms with Crippen molar-refractivity contribution in [2.45, 2.75) is 45.2 Å². The summed E-state index contributed by atoms with van der Waals surface area (Å²) in [6.45, 7) is 6.81. The summed E-state index contributed by atoms with van der Waals surface area (Å²) in [5.74, 6) is 1.07. The fourth-order valence-corrected chi connectivity index (χ4v) is 2.16. The number of aromatic nitrogens is 2. The summed E-state index contributed by atoms with van der Waals surface area (Å²) < 4.78 is 2.04. The van der Waals surface area contributed by atoms with Crippen LogP contribution >= 0.6 is 0 Å². The lowest BCUT2D eigenvalue weighted by molar-refractivity contribution is 0.290. The predicted octanol–water partition coefficient (Wildman–Crippen LogP) is 1.91. The van der Waals surface area contributed by atoms with Crippen LogP contribution in [-0.2, 0) is 13.6 Å². The molecule has 1 rings (SSSR count). The molecule has 0 saturated heterocycles. The molecule has 5 nitrogen and oxygen atoms in total. The van der Waals surface area contributed by atoms with Crippen LogP contribution in [0.5, 0.6) is 0 Å². The van der Waals surface area contributed by atoms with Gasteiger partial charge in [0.15, 0.2) is 0 Å². The highest BCUT2D eigenvalue weighted by Gasteiger charge is 2.22. The minimum atomic E-state index is -0.403. The maximum atomic E-state index is 9.28. The molecule has 0 fully saturated rings. The maximum absolute atomic E-state index is 9.28. The Hall–Kier alpha value is -1.38. The summed E-state index contributed by atoms with van der Waals surface area (Å²) in [6, 6.07) is 2.40. The number of nitriles is 1. The molecule has 0 aromatic carbocycles. The number of rotatable bonds is 9. The van der Waals surface area contributed by atoms with Crippen LogP contribution in [0.15, 0.2) is 12.4 Å². The average molecular weight is 277 g/mol. The lowest BCUT2D eigenvalue weighted by atomic mass is 9.97. The second-order valence-electron chi connectivity index (χ2n) is 5.67. The molecule has 1 N–H and O–H groups in total. The van der Waals surface area contributed by atoms with Gasteiger partial charge in [0.25, 0.3) is 0 Å². The Morgan fingerprint density at radius 2 is 2.30 bits per heavy atom. The molecule has 20 heavy (non-hydrogen) atoms. The van der Waals surface area contributed by atoms with Gasteiger partial charge in [-0.3, -0.25) is 10.2 Å². The van der Waals surface area contributed by atoms with Gasteiger partial charge in [0.2, 0.25) is 0 Å². The molecule has 0 radical (unpaired) electrons. The van der Waals surface area contributed by atoms with Crippen LogP contribution in [0.25, 0.3) is 0 Å². The molecule has 0 aliphatic heterocycles. The normalized spacial score (nSPS) is 14.2. The second-order valence-corrected chi connectivity index (χ2v) is 5.67. The number of aryl methyl sites for hydroxylation is 1. The molecule has 0 aliphatic rings. The zero-order valence-corrected chi connectivity index (χ0v) is 13.2. The Morgan fingerprint density at radius 1 is 1.55 bits per heavy atom. The Labute approximate surface area is 122 Å². The summed E-state index contributed by atoms with van der Waals surface area (Å²) in [6.07, 6.45) is 6.71. The van der Waals surface area contributed by atoms with Crippen molar-refractivity contribution < 1.29 is 0 Å². The van der Waals surface area contributed by atoms with Gasteiger partial charge < -0.3 is 4.57 Å². The van der Waals surface area contributed by atoms with Crippen LogP contribution < -0.4 is 5.32 Å². The summed E-state index contributed by atoms with van der Waals surface area (Å²) in [7, 11) is 4.11. The Balaban J connectivity index is 2.32. The van der Waals surface area contributed by atoms with E-state index in [0.29, 0.717) is 0 Å². The quantitative estimate of drug-likeness (QED) is 0.749. The minimum absolute atomic E-state index is 0.403. The molecule has 1 aromatic heterocycles. The first-order chi connectivity index (χ1) is 9.50. The number of imidazole rings is 1. The fourth-order valence-electron chi connectivity index (χ4n) is 2.16. The van der Waals surface area contributed by atoms with Gasteiger partial charge in [0, 0.05) is 19.4 Å². The minimum Gasteiger partial charge on any atom is -0.337 e. The highest BCUT2D eigenvalue weighted by Crippen LogP contribution is 2.12. The van der Waals surface area contributed by atoms with Crippen molar-refractivity contribution >= 4 is 0 Å². The van der Waals surface area contributed by atoms with Crippen molar-refractivity contribution in [1.29, 1.82) is 5.26 Å². The van der Waals surface area contributed by atoms with Crippen molar-refractivity contribution in [1.82, 2.24) is 19.8 Å². The monoisotopic (exact) mass is 277 g/mol. The molecule has 0 saturated carbocycles. The molecule has 0 spiro atoms. The highest BCUT2D eigenvalue weighted by molar-refractivity contribution is 5.03. The molecule has 0 aliphatic carbocycles. The first-order valence-electron chi connectivity index (χ1n) is 7.32. The lowest BCUT2D eigenvalue weighted by Crippen LogP contribution is -2.41. The molecule has 0 amide bonds. The molecule has 1 aromatic rings. The van der Waals surface area contributed by atoms with Gasteiger partial charge in [-0.15, -0.1) is 0 Å². The van der Waals surface area contributed by atoms with Crippen LogP contribution in [0, 0.1) is 11.3 Å². The Morgan fingerprint density at radius 3 is 2.85 bits per heavy atom. The molecule has 0 bridgehead atoms. The summed E-state index contributed by atoms with van der Waals surface area (Å²) >= 11 is 0. The van der Waals surface area contributed by atoms with E-state index in [9.17, 15) is 5.26 Å². The van der Waals surface area contributed by atoms with Gasteiger partial charge in [0.1, 0.15) is 11.4 Å². The highest BCUT2D eigenvalue weighted by atomic mass is 15.1. The van der Waals surface area contributed by atoms with Gasteiger partial charge in [0.05, 0.1) is 12.6 Å². The van der Waals surface area contributed by atoms with E-state index in [1.54, 1.807) is 0 Å². The second kappa shape index (κ2) is 8.03. The number of nitrogens with one attached hydrogen (secondary N) is 1. The topological polar surface area (TPSA) is 56.9 Å². The van der Waals surface area contributed by atoms with E-state index in [2.05, 4.69) is 35.2 Å². The van der Waals surface area contributed by atoms with Gasteiger partial charge in [-0.25, -0.2) is 4.98 Å². The van der Waals surface area contributed by atoms with E-state index in [1.807, 2.05) is 30.9 Å². The molecule has 1 heterocycles. The number of hydrogen-bond acceptors (Lipinski definition) is 4. The van der Waals surface area contributed by atoms with E-state index >= 15 is 0 Å². The largest absolute Gasteiger partial charge is 0.337 e. The SMILES string of the molecule is CCCNC(C)(C#N)CCCN(C)Cc1nccn1C. The molecule has 1 atom stereocenters. The van der Waals surface area contributed by atoms with E-state index < -0.39 is 5.54 Å². The molecular formula is C15H27N5. The number of nitrogens with zero attached hydrogens (tertiary/aromatic N) is 4. The van der Waals surface area contributed by atoms with E-state index in [1.165, 1.54) is 0 Å². The van der Waals surface area contributed by atoms with Crippen LogP contribution in [0.4, 0.5) is 0 Å². The summed E-state index contributed by atoms with van der Waals surface area (Å²) in [5.41, 5.74) is -0.403. The molecule has 112 valence electrons. The number of hydrogen-bond donors (Lipinski definition) is 1. The first kappa shape index (κ1) is 16.7. The maximum Gasteiger partial charge on any atom is 0.122 e. The van der Waals surface area contributed by atoms with Crippen molar-refractivity contribution in [3.05, 3.63) is 18.2 Å². The lowest BCUT2D eigenvalue weighted by Gasteiger charge is -2.24. The van der Waals surface area contributed by atoms with Gasteiger partial charge in [-0.2, -0.15) is 5.26 Å². The average Bonchev–Trinajstić information content (AvgIpc) is 2.82.